The van der Waals surface area contributed by atoms with Gasteiger partial charge in [-0.2, -0.15) is 0 Å². The van der Waals surface area contributed by atoms with E-state index < -0.39 is 8.32 Å². The molecule has 0 heterocycles. The van der Waals surface area contributed by atoms with E-state index in [1.165, 1.54) is 0 Å². The molecule has 0 radical (unpaired) electrons. The lowest BCUT2D eigenvalue weighted by molar-refractivity contribution is -0.135. The van der Waals surface area contributed by atoms with Crippen LogP contribution in [0.1, 0.15) is 40.0 Å². The molecule has 92 valence electrons. The molecule has 1 fully saturated rings. The van der Waals surface area contributed by atoms with Crippen LogP contribution >= 0.6 is 0 Å². The second-order valence-electron chi connectivity index (χ2n) is 6.09. The molecule has 0 spiro atoms. The Bertz CT molecular complexity index is 302. The van der Waals surface area contributed by atoms with Gasteiger partial charge in [0, 0.05) is 6.42 Å². The first-order chi connectivity index (χ1) is 7.13. The number of hydrogen-bond donors (Lipinski definition) is 0. The van der Waals surface area contributed by atoms with Crippen molar-refractivity contribution in [2.24, 2.45) is 0 Å². The normalized spacial score (nSPS) is 23.7. The Hall–Kier alpha value is -0.483. The average Bonchev–Trinajstić information content (AvgIpc) is 2.08. The quantitative estimate of drug-likeness (QED) is 0.552. The summed E-state index contributed by atoms with van der Waals surface area (Å²) < 4.78 is 6.04. The van der Waals surface area contributed by atoms with Crippen molar-refractivity contribution < 1.29 is 14.0 Å². The molecular formula is C12H22O3Si. The lowest BCUT2D eigenvalue weighted by Crippen LogP contribution is -2.47. The SMILES string of the molecule is CC(C)(C)[Si](C)(C)OC1CCC(=O)CC1=O. The first-order valence-corrected chi connectivity index (χ1v) is 8.76. The number of Topliss-reactive ketones (excluding diaryl/α,β-unsaturated/α-hetero) is 2. The Labute approximate surface area is 98.7 Å². The highest BCUT2D eigenvalue weighted by Crippen LogP contribution is 2.38. The van der Waals surface area contributed by atoms with Gasteiger partial charge in [-0.3, -0.25) is 9.59 Å². The minimum Gasteiger partial charge on any atom is -0.407 e. The van der Waals surface area contributed by atoms with E-state index in [1.807, 2.05) is 0 Å². The monoisotopic (exact) mass is 242 g/mol. The topological polar surface area (TPSA) is 43.4 Å². The fraction of sp³-hybridized carbons (Fsp3) is 0.833. The van der Waals surface area contributed by atoms with Gasteiger partial charge in [-0.25, -0.2) is 0 Å². The zero-order valence-corrected chi connectivity index (χ0v) is 11.9. The predicted octanol–water partition coefficient (Wildman–Crippen LogP) is 2.70. The number of hydrogen-bond acceptors (Lipinski definition) is 3. The molecule has 0 aromatic carbocycles. The van der Waals surface area contributed by atoms with Gasteiger partial charge in [0.1, 0.15) is 11.9 Å². The molecule has 0 amide bonds. The molecular weight excluding hydrogens is 220 g/mol. The minimum atomic E-state index is -1.89. The summed E-state index contributed by atoms with van der Waals surface area (Å²) in [5, 5.41) is 0.106. The van der Waals surface area contributed by atoms with Crippen molar-refractivity contribution in [3.05, 3.63) is 0 Å². The second kappa shape index (κ2) is 4.41. The fourth-order valence-corrected chi connectivity index (χ4v) is 2.82. The summed E-state index contributed by atoms with van der Waals surface area (Å²) in [5.74, 6) is 0.0288. The van der Waals surface area contributed by atoms with E-state index in [-0.39, 0.29) is 29.1 Å². The van der Waals surface area contributed by atoms with E-state index in [9.17, 15) is 9.59 Å². The van der Waals surface area contributed by atoms with Crippen molar-refractivity contribution in [1.82, 2.24) is 0 Å². The van der Waals surface area contributed by atoms with E-state index in [0.29, 0.717) is 12.8 Å². The summed E-state index contributed by atoms with van der Waals surface area (Å²) in [5.41, 5.74) is 0. The first kappa shape index (κ1) is 13.6. The summed E-state index contributed by atoms with van der Waals surface area (Å²) in [6, 6.07) is 0. The van der Waals surface area contributed by atoms with E-state index in [1.54, 1.807) is 0 Å². The van der Waals surface area contributed by atoms with Gasteiger partial charge in [0.25, 0.3) is 0 Å². The number of carbonyl (C=O) groups is 2. The van der Waals surface area contributed by atoms with Gasteiger partial charge in [0.2, 0.25) is 0 Å². The van der Waals surface area contributed by atoms with Crippen LogP contribution in [0.15, 0.2) is 0 Å². The Morgan fingerprint density at radius 3 is 2.25 bits per heavy atom. The highest BCUT2D eigenvalue weighted by Gasteiger charge is 2.41. The predicted molar refractivity (Wildman–Crippen MR) is 65.9 cm³/mol. The van der Waals surface area contributed by atoms with Crippen molar-refractivity contribution in [1.29, 1.82) is 0 Å². The van der Waals surface area contributed by atoms with Gasteiger partial charge in [-0.15, -0.1) is 0 Å². The van der Waals surface area contributed by atoms with Gasteiger partial charge >= 0.3 is 0 Å². The molecule has 1 atom stereocenters. The molecule has 0 saturated heterocycles. The molecule has 0 aromatic heterocycles. The molecule has 1 rings (SSSR count). The summed E-state index contributed by atoms with van der Waals surface area (Å²) in [7, 11) is -1.89. The lowest BCUT2D eigenvalue weighted by Gasteiger charge is -2.39. The largest absolute Gasteiger partial charge is 0.407 e. The van der Waals surface area contributed by atoms with E-state index >= 15 is 0 Å². The molecule has 1 saturated carbocycles. The second-order valence-corrected chi connectivity index (χ2v) is 10.8. The Morgan fingerprint density at radius 1 is 1.25 bits per heavy atom. The molecule has 0 bridgehead atoms. The van der Waals surface area contributed by atoms with Crippen LogP contribution in [-0.4, -0.2) is 26.0 Å². The van der Waals surface area contributed by atoms with E-state index in [2.05, 4.69) is 33.9 Å². The van der Waals surface area contributed by atoms with Crippen LogP contribution in [0.2, 0.25) is 18.1 Å². The van der Waals surface area contributed by atoms with Crippen LogP contribution in [0.4, 0.5) is 0 Å². The third kappa shape index (κ3) is 3.01. The highest BCUT2D eigenvalue weighted by atomic mass is 28.4. The number of rotatable bonds is 2. The maximum absolute atomic E-state index is 11.7. The Kier molecular flexibility index (Phi) is 3.75. The molecule has 1 aliphatic rings. The molecule has 0 N–H and O–H groups in total. The minimum absolute atomic E-state index is 0.0268. The van der Waals surface area contributed by atoms with Gasteiger partial charge < -0.3 is 4.43 Å². The van der Waals surface area contributed by atoms with E-state index in [0.717, 1.165) is 0 Å². The number of ketones is 2. The van der Waals surface area contributed by atoms with Crippen LogP contribution in [0.3, 0.4) is 0 Å². The summed E-state index contributed by atoms with van der Waals surface area (Å²) in [6.45, 7) is 10.7. The Morgan fingerprint density at radius 2 is 1.81 bits per heavy atom. The molecule has 0 aromatic rings. The first-order valence-electron chi connectivity index (χ1n) is 5.86. The van der Waals surface area contributed by atoms with Gasteiger partial charge in [0.15, 0.2) is 14.1 Å². The molecule has 1 unspecified atom stereocenters. The highest BCUT2D eigenvalue weighted by molar-refractivity contribution is 6.74. The van der Waals surface area contributed by atoms with Gasteiger partial charge in [-0.1, -0.05) is 20.8 Å². The Balaban J connectivity index is 2.68. The average molecular weight is 242 g/mol. The molecule has 16 heavy (non-hydrogen) atoms. The van der Waals surface area contributed by atoms with Crippen molar-refractivity contribution in [3.8, 4) is 0 Å². The van der Waals surface area contributed by atoms with E-state index in [4.69, 9.17) is 4.43 Å². The van der Waals surface area contributed by atoms with Crippen molar-refractivity contribution >= 4 is 19.9 Å². The fourth-order valence-electron chi connectivity index (χ4n) is 1.51. The summed E-state index contributed by atoms with van der Waals surface area (Å²) in [6.07, 6.45) is 0.799. The van der Waals surface area contributed by atoms with Crippen LogP contribution in [-0.2, 0) is 14.0 Å². The maximum Gasteiger partial charge on any atom is 0.193 e. The van der Waals surface area contributed by atoms with Crippen LogP contribution < -0.4 is 0 Å². The molecule has 4 heteroatoms. The standard InChI is InChI=1S/C12H22O3Si/c1-12(2,3)16(4,5)15-11-7-6-9(13)8-10(11)14/h11H,6-8H2,1-5H3. The van der Waals surface area contributed by atoms with Gasteiger partial charge in [-0.05, 0) is 24.6 Å². The zero-order chi connectivity index (χ0) is 12.6. The zero-order valence-electron chi connectivity index (χ0n) is 10.9. The van der Waals surface area contributed by atoms with Crippen molar-refractivity contribution in [3.63, 3.8) is 0 Å². The maximum atomic E-state index is 11.7. The summed E-state index contributed by atoms with van der Waals surface area (Å²) >= 11 is 0. The lowest BCUT2D eigenvalue weighted by atomic mass is 9.95. The number of carbonyl (C=O) groups excluding carboxylic acids is 2. The van der Waals surface area contributed by atoms with Crippen LogP contribution in [0.5, 0.6) is 0 Å². The molecule has 0 aliphatic heterocycles. The smallest absolute Gasteiger partial charge is 0.193 e. The van der Waals surface area contributed by atoms with Crippen LogP contribution in [0.25, 0.3) is 0 Å². The van der Waals surface area contributed by atoms with Crippen LogP contribution in [0, 0.1) is 0 Å². The molecule has 3 nitrogen and oxygen atoms in total. The third-order valence-corrected chi connectivity index (χ3v) is 8.15. The third-order valence-electron chi connectivity index (χ3n) is 3.66. The van der Waals surface area contributed by atoms with Crippen molar-refractivity contribution in [2.75, 3.05) is 0 Å². The van der Waals surface area contributed by atoms with Crippen molar-refractivity contribution in [2.45, 2.75) is 64.3 Å². The van der Waals surface area contributed by atoms with Gasteiger partial charge in [0.05, 0.1) is 6.42 Å². The summed E-state index contributed by atoms with van der Waals surface area (Å²) in [4.78, 5) is 22.8. The molecule has 1 aliphatic carbocycles.